The van der Waals surface area contributed by atoms with Gasteiger partial charge in [-0.1, -0.05) is 18.2 Å². The molecule has 1 aromatic rings. The molecular weight excluding hydrogens is 190 g/mol. The van der Waals surface area contributed by atoms with Crippen LogP contribution in [-0.4, -0.2) is 11.8 Å². The van der Waals surface area contributed by atoms with E-state index in [0.717, 1.165) is 12.2 Å². The van der Waals surface area contributed by atoms with Crippen molar-refractivity contribution in [2.24, 2.45) is 5.73 Å². The molecule has 2 N–H and O–H groups in total. The Balaban J connectivity index is 2.29. The van der Waals surface area contributed by atoms with Gasteiger partial charge in [0.05, 0.1) is 0 Å². The van der Waals surface area contributed by atoms with E-state index in [1.165, 1.54) is 4.90 Å². The minimum Gasteiger partial charge on any atom is -0.326 e. The van der Waals surface area contributed by atoms with E-state index >= 15 is 0 Å². The van der Waals surface area contributed by atoms with Gasteiger partial charge in [0, 0.05) is 23.1 Å². The zero-order valence-corrected chi connectivity index (χ0v) is 9.18. The normalized spacial score (nSPS) is 11.6. The fraction of sp³-hybridized carbons (Fsp3) is 0.333. The molecule has 0 saturated heterocycles. The monoisotopic (exact) mass is 205 g/mol. The molecule has 0 bridgehead atoms. The zero-order chi connectivity index (χ0) is 10.2. The lowest BCUT2D eigenvalue weighted by Crippen LogP contribution is -2.21. The predicted molar refractivity (Wildman–Crippen MR) is 63.2 cm³/mol. The summed E-state index contributed by atoms with van der Waals surface area (Å²) in [6.45, 7) is 1.84. The SMILES string of the molecule is CC#CCC(N)CSc1ccccc1. The molecule has 1 atom stereocenters. The number of hydrogen-bond acceptors (Lipinski definition) is 2. The maximum absolute atomic E-state index is 5.88. The highest BCUT2D eigenvalue weighted by atomic mass is 32.2. The first kappa shape index (κ1) is 11.2. The molecule has 1 nitrogen and oxygen atoms in total. The Labute approximate surface area is 90.1 Å². The van der Waals surface area contributed by atoms with E-state index in [1.54, 1.807) is 11.8 Å². The molecule has 1 rings (SSSR count). The quantitative estimate of drug-likeness (QED) is 0.604. The van der Waals surface area contributed by atoms with E-state index in [1.807, 2.05) is 25.1 Å². The minimum atomic E-state index is 0.174. The Hall–Kier alpha value is -0.910. The molecule has 1 unspecified atom stereocenters. The molecule has 0 aliphatic carbocycles. The van der Waals surface area contributed by atoms with Gasteiger partial charge in [0.25, 0.3) is 0 Å². The molecular formula is C12H15NS. The van der Waals surface area contributed by atoms with Crippen LogP contribution in [0.3, 0.4) is 0 Å². The van der Waals surface area contributed by atoms with Crippen molar-refractivity contribution in [3.8, 4) is 11.8 Å². The maximum atomic E-state index is 5.88. The Kier molecular flexibility index (Phi) is 5.21. The largest absolute Gasteiger partial charge is 0.326 e. The topological polar surface area (TPSA) is 26.0 Å². The second-order valence-electron chi connectivity index (χ2n) is 3.02. The summed E-state index contributed by atoms with van der Waals surface area (Å²) in [5.41, 5.74) is 5.88. The van der Waals surface area contributed by atoms with Crippen molar-refractivity contribution in [2.75, 3.05) is 5.75 Å². The lowest BCUT2D eigenvalue weighted by Gasteiger charge is -2.06. The van der Waals surface area contributed by atoms with Gasteiger partial charge in [-0.2, -0.15) is 0 Å². The Morgan fingerprint density at radius 1 is 1.36 bits per heavy atom. The van der Waals surface area contributed by atoms with Crippen LogP contribution in [0.1, 0.15) is 13.3 Å². The Morgan fingerprint density at radius 2 is 2.07 bits per heavy atom. The van der Waals surface area contributed by atoms with Gasteiger partial charge >= 0.3 is 0 Å². The van der Waals surface area contributed by atoms with Crippen LogP contribution in [0.5, 0.6) is 0 Å². The molecule has 0 aliphatic heterocycles. The van der Waals surface area contributed by atoms with Crippen LogP contribution in [0, 0.1) is 11.8 Å². The molecule has 0 heterocycles. The minimum absolute atomic E-state index is 0.174. The van der Waals surface area contributed by atoms with Gasteiger partial charge in [-0.05, 0) is 19.1 Å². The second kappa shape index (κ2) is 6.53. The van der Waals surface area contributed by atoms with Crippen LogP contribution in [0.2, 0.25) is 0 Å². The standard InChI is InChI=1S/C12H15NS/c1-2-3-7-11(13)10-14-12-8-5-4-6-9-12/h4-6,8-9,11H,7,10,13H2,1H3. The van der Waals surface area contributed by atoms with Crippen LogP contribution in [-0.2, 0) is 0 Å². The third-order valence-electron chi connectivity index (χ3n) is 1.75. The van der Waals surface area contributed by atoms with Crippen LogP contribution >= 0.6 is 11.8 Å². The van der Waals surface area contributed by atoms with Gasteiger partial charge in [-0.15, -0.1) is 23.6 Å². The molecule has 0 fully saturated rings. The maximum Gasteiger partial charge on any atom is 0.0249 e. The lowest BCUT2D eigenvalue weighted by molar-refractivity contribution is 0.782. The van der Waals surface area contributed by atoms with Gasteiger partial charge in [0.2, 0.25) is 0 Å². The highest BCUT2D eigenvalue weighted by molar-refractivity contribution is 7.99. The van der Waals surface area contributed by atoms with Crippen molar-refractivity contribution in [1.82, 2.24) is 0 Å². The summed E-state index contributed by atoms with van der Waals surface area (Å²) in [5.74, 6) is 6.78. The van der Waals surface area contributed by atoms with Crippen LogP contribution < -0.4 is 5.73 Å². The first-order valence-electron chi connectivity index (χ1n) is 4.66. The van der Waals surface area contributed by atoms with Gasteiger partial charge in [-0.25, -0.2) is 0 Å². The van der Waals surface area contributed by atoms with Crippen molar-refractivity contribution in [2.45, 2.75) is 24.3 Å². The fourth-order valence-corrected chi connectivity index (χ4v) is 1.89. The second-order valence-corrected chi connectivity index (χ2v) is 4.11. The van der Waals surface area contributed by atoms with Gasteiger partial charge in [0.1, 0.15) is 0 Å². The molecule has 1 aromatic carbocycles. The number of rotatable bonds is 4. The van der Waals surface area contributed by atoms with Crippen molar-refractivity contribution in [1.29, 1.82) is 0 Å². The molecule has 74 valence electrons. The van der Waals surface area contributed by atoms with Crippen molar-refractivity contribution in [3.63, 3.8) is 0 Å². The summed E-state index contributed by atoms with van der Waals surface area (Å²) >= 11 is 1.79. The molecule has 0 spiro atoms. The van der Waals surface area contributed by atoms with Crippen molar-refractivity contribution < 1.29 is 0 Å². The summed E-state index contributed by atoms with van der Waals surface area (Å²) < 4.78 is 0. The first-order chi connectivity index (χ1) is 6.83. The predicted octanol–water partition coefficient (Wildman–Crippen LogP) is 2.52. The van der Waals surface area contributed by atoms with E-state index in [0.29, 0.717) is 0 Å². The van der Waals surface area contributed by atoms with Crippen LogP contribution in [0.15, 0.2) is 35.2 Å². The lowest BCUT2D eigenvalue weighted by atomic mass is 10.2. The van der Waals surface area contributed by atoms with Crippen LogP contribution in [0.25, 0.3) is 0 Å². The number of hydrogen-bond donors (Lipinski definition) is 1. The van der Waals surface area contributed by atoms with E-state index in [4.69, 9.17) is 5.73 Å². The highest BCUT2D eigenvalue weighted by Crippen LogP contribution is 2.17. The summed E-state index contributed by atoms with van der Waals surface area (Å²) in [6.07, 6.45) is 0.788. The van der Waals surface area contributed by atoms with Gasteiger partial charge in [-0.3, -0.25) is 0 Å². The number of thioether (sulfide) groups is 1. The molecule has 14 heavy (non-hydrogen) atoms. The first-order valence-corrected chi connectivity index (χ1v) is 5.64. The number of benzene rings is 1. The van der Waals surface area contributed by atoms with E-state index < -0.39 is 0 Å². The smallest absolute Gasteiger partial charge is 0.0249 e. The Bertz CT molecular complexity index is 310. The fourth-order valence-electron chi connectivity index (χ4n) is 1.01. The third kappa shape index (κ3) is 4.36. The van der Waals surface area contributed by atoms with Gasteiger partial charge in [0.15, 0.2) is 0 Å². The third-order valence-corrected chi connectivity index (χ3v) is 2.95. The van der Waals surface area contributed by atoms with Crippen LogP contribution in [0.4, 0.5) is 0 Å². The van der Waals surface area contributed by atoms with E-state index in [2.05, 4.69) is 24.0 Å². The average Bonchev–Trinajstić information content (AvgIpc) is 2.25. The zero-order valence-electron chi connectivity index (χ0n) is 8.36. The summed E-state index contributed by atoms with van der Waals surface area (Å²) in [7, 11) is 0. The average molecular weight is 205 g/mol. The molecule has 0 aliphatic rings. The molecule has 0 radical (unpaired) electrons. The van der Waals surface area contributed by atoms with E-state index in [9.17, 15) is 0 Å². The molecule has 0 amide bonds. The molecule has 0 aromatic heterocycles. The van der Waals surface area contributed by atoms with Crippen molar-refractivity contribution in [3.05, 3.63) is 30.3 Å². The van der Waals surface area contributed by atoms with E-state index in [-0.39, 0.29) is 6.04 Å². The van der Waals surface area contributed by atoms with Gasteiger partial charge < -0.3 is 5.73 Å². The molecule has 0 saturated carbocycles. The number of nitrogens with two attached hydrogens (primary N) is 1. The van der Waals surface area contributed by atoms with Crippen molar-refractivity contribution >= 4 is 11.8 Å². The molecule has 2 heteroatoms. The highest BCUT2D eigenvalue weighted by Gasteiger charge is 2.00. The summed E-state index contributed by atoms with van der Waals surface area (Å²) in [6, 6.07) is 10.5. The Morgan fingerprint density at radius 3 is 2.71 bits per heavy atom. The summed E-state index contributed by atoms with van der Waals surface area (Å²) in [4.78, 5) is 1.27. The summed E-state index contributed by atoms with van der Waals surface area (Å²) in [5, 5.41) is 0.